The number of benzene rings is 3. The first-order valence-electron chi connectivity index (χ1n) is 9.40. The SMILES string of the molecule is COc1ccc(N=Nc2cc(C#N)c(-c3ccccc3)nc2-c2ccccc2)cc1. The minimum absolute atomic E-state index is 0.449. The van der Waals surface area contributed by atoms with Gasteiger partial charge in [-0.1, -0.05) is 60.7 Å². The standard InChI is InChI=1S/C25H18N4O/c1-30-22-14-12-21(13-15-22)28-29-23-16-20(17-26)24(18-8-4-2-5-9-18)27-25(23)19-10-6-3-7-11-19/h2-16H,1H3. The highest BCUT2D eigenvalue weighted by atomic mass is 16.5. The molecule has 0 spiro atoms. The lowest BCUT2D eigenvalue weighted by atomic mass is 10.0. The summed E-state index contributed by atoms with van der Waals surface area (Å²) in [6, 6.07) is 30.7. The van der Waals surface area contributed by atoms with E-state index in [1.54, 1.807) is 13.2 Å². The van der Waals surface area contributed by atoms with Crippen LogP contribution in [0.4, 0.5) is 11.4 Å². The van der Waals surface area contributed by atoms with Crippen molar-refractivity contribution < 1.29 is 4.74 Å². The molecule has 4 rings (SSSR count). The molecule has 0 aliphatic heterocycles. The lowest BCUT2D eigenvalue weighted by Gasteiger charge is -2.10. The Hall–Kier alpha value is -4.30. The van der Waals surface area contributed by atoms with E-state index >= 15 is 0 Å². The van der Waals surface area contributed by atoms with E-state index in [9.17, 15) is 5.26 Å². The minimum atomic E-state index is 0.449. The van der Waals surface area contributed by atoms with Crippen molar-refractivity contribution in [3.8, 4) is 34.3 Å². The van der Waals surface area contributed by atoms with Crippen molar-refractivity contribution in [2.75, 3.05) is 7.11 Å². The number of nitrogens with zero attached hydrogens (tertiary/aromatic N) is 4. The molecule has 0 bridgehead atoms. The fourth-order valence-corrected chi connectivity index (χ4v) is 3.05. The van der Waals surface area contributed by atoms with Gasteiger partial charge in [0.2, 0.25) is 0 Å². The van der Waals surface area contributed by atoms with Crippen LogP contribution in [0.2, 0.25) is 0 Å². The molecule has 1 aromatic heterocycles. The predicted molar refractivity (Wildman–Crippen MR) is 117 cm³/mol. The van der Waals surface area contributed by atoms with E-state index in [2.05, 4.69) is 16.3 Å². The first-order chi connectivity index (χ1) is 14.8. The van der Waals surface area contributed by atoms with E-state index in [1.807, 2.05) is 84.9 Å². The van der Waals surface area contributed by atoms with Gasteiger partial charge in [0.1, 0.15) is 17.5 Å². The molecule has 5 nitrogen and oxygen atoms in total. The van der Waals surface area contributed by atoms with Crippen molar-refractivity contribution in [2.45, 2.75) is 0 Å². The van der Waals surface area contributed by atoms with Gasteiger partial charge in [-0.05, 0) is 30.3 Å². The number of hydrogen-bond acceptors (Lipinski definition) is 5. The van der Waals surface area contributed by atoms with E-state index in [-0.39, 0.29) is 0 Å². The summed E-state index contributed by atoms with van der Waals surface area (Å²) in [7, 11) is 1.62. The number of azo groups is 1. The van der Waals surface area contributed by atoms with Crippen molar-refractivity contribution in [3.63, 3.8) is 0 Å². The highest BCUT2D eigenvalue weighted by Gasteiger charge is 2.15. The van der Waals surface area contributed by atoms with Crippen LogP contribution in [0.25, 0.3) is 22.5 Å². The largest absolute Gasteiger partial charge is 0.497 e. The van der Waals surface area contributed by atoms with Gasteiger partial charge >= 0.3 is 0 Å². The molecular weight excluding hydrogens is 372 g/mol. The quantitative estimate of drug-likeness (QED) is 0.355. The Morgan fingerprint density at radius 2 is 1.37 bits per heavy atom. The molecule has 0 aliphatic carbocycles. The monoisotopic (exact) mass is 390 g/mol. The lowest BCUT2D eigenvalue weighted by Crippen LogP contribution is -1.93. The van der Waals surface area contributed by atoms with Gasteiger partial charge in [-0.25, -0.2) is 4.98 Å². The van der Waals surface area contributed by atoms with Gasteiger partial charge in [0.25, 0.3) is 0 Å². The smallest absolute Gasteiger partial charge is 0.119 e. The Morgan fingerprint density at radius 3 is 1.93 bits per heavy atom. The highest BCUT2D eigenvalue weighted by molar-refractivity contribution is 5.79. The maximum absolute atomic E-state index is 9.73. The number of pyridine rings is 1. The molecule has 0 saturated carbocycles. The number of aromatic nitrogens is 1. The molecule has 0 N–H and O–H groups in total. The summed E-state index contributed by atoms with van der Waals surface area (Å²) in [5.74, 6) is 0.750. The number of ether oxygens (including phenoxy) is 1. The molecule has 5 heteroatoms. The number of hydrogen-bond donors (Lipinski definition) is 0. The van der Waals surface area contributed by atoms with Crippen LogP contribution in [-0.4, -0.2) is 12.1 Å². The fourth-order valence-electron chi connectivity index (χ4n) is 3.05. The predicted octanol–water partition coefficient (Wildman–Crippen LogP) is 6.71. The second-order valence-corrected chi connectivity index (χ2v) is 6.49. The van der Waals surface area contributed by atoms with E-state index in [0.29, 0.717) is 28.3 Å². The first kappa shape index (κ1) is 19.0. The topological polar surface area (TPSA) is 70.6 Å². The molecule has 30 heavy (non-hydrogen) atoms. The van der Waals surface area contributed by atoms with Crippen molar-refractivity contribution in [3.05, 3.63) is 96.6 Å². The maximum Gasteiger partial charge on any atom is 0.119 e. The van der Waals surface area contributed by atoms with Crippen LogP contribution in [0, 0.1) is 11.3 Å². The molecule has 0 amide bonds. The summed E-state index contributed by atoms with van der Waals surface area (Å²) in [5, 5.41) is 18.5. The zero-order valence-corrected chi connectivity index (χ0v) is 16.4. The molecule has 4 aromatic rings. The fraction of sp³-hybridized carbons (Fsp3) is 0.0400. The van der Waals surface area contributed by atoms with Gasteiger partial charge in [-0.15, -0.1) is 5.11 Å². The number of rotatable bonds is 5. The van der Waals surface area contributed by atoms with Gasteiger partial charge in [-0.2, -0.15) is 10.4 Å². The van der Waals surface area contributed by atoms with E-state index in [1.165, 1.54) is 0 Å². The zero-order chi connectivity index (χ0) is 20.8. The second-order valence-electron chi connectivity index (χ2n) is 6.49. The second kappa shape index (κ2) is 8.80. The average Bonchev–Trinajstić information content (AvgIpc) is 2.83. The molecule has 1 heterocycles. The first-order valence-corrected chi connectivity index (χ1v) is 9.40. The Labute approximate surface area is 175 Å². The van der Waals surface area contributed by atoms with Crippen LogP contribution in [0.5, 0.6) is 5.75 Å². The normalized spacial score (nSPS) is 10.7. The van der Waals surface area contributed by atoms with Crippen molar-refractivity contribution in [1.82, 2.24) is 4.98 Å². The third-order valence-corrected chi connectivity index (χ3v) is 4.56. The maximum atomic E-state index is 9.73. The van der Waals surface area contributed by atoms with E-state index in [0.717, 1.165) is 16.9 Å². The molecule has 144 valence electrons. The van der Waals surface area contributed by atoms with Gasteiger partial charge in [0.05, 0.1) is 29.7 Å². The average molecular weight is 390 g/mol. The van der Waals surface area contributed by atoms with E-state index < -0.39 is 0 Å². The lowest BCUT2D eigenvalue weighted by molar-refractivity contribution is 0.415. The Morgan fingerprint density at radius 1 is 0.767 bits per heavy atom. The molecule has 0 unspecified atom stereocenters. The van der Waals surface area contributed by atoms with Crippen molar-refractivity contribution in [1.29, 1.82) is 5.26 Å². The van der Waals surface area contributed by atoms with Gasteiger partial charge in [-0.3, -0.25) is 0 Å². The molecule has 0 radical (unpaired) electrons. The summed E-state index contributed by atoms with van der Waals surface area (Å²) >= 11 is 0. The molecule has 0 saturated heterocycles. The number of methoxy groups -OCH3 is 1. The zero-order valence-electron chi connectivity index (χ0n) is 16.4. The number of nitriles is 1. The van der Waals surface area contributed by atoms with Crippen molar-refractivity contribution in [2.24, 2.45) is 10.2 Å². The van der Waals surface area contributed by atoms with Crippen molar-refractivity contribution >= 4 is 11.4 Å². The Balaban J connectivity index is 1.84. The molecule has 0 atom stereocenters. The molecule has 0 aliphatic rings. The summed E-state index contributed by atoms with van der Waals surface area (Å²) < 4.78 is 5.18. The van der Waals surface area contributed by atoms with Crippen LogP contribution in [0.15, 0.2) is 101 Å². The van der Waals surface area contributed by atoms with Gasteiger partial charge < -0.3 is 4.74 Å². The van der Waals surface area contributed by atoms with Crippen LogP contribution in [0.1, 0.15) is 5.56 Å². The van der Waals surface area contributed by atoms with Gasteiger partial charge in [0, 0.05) is 11.1 Å². The third-order valence-electron chi connectivity index (χ3n) is 4.56. The highest BCUT2D eigenvalue weighted by Crippen LogP contribution is 2.35. The van der Waals surface area contributed by atoms with Crippen LogP contribution in [-0.2, 0) is 0 Å². The Kier molecular flexibility index (Phi) is 5.59. The van der Waals surface area contributed by atoms with Crippen LogP contribution < -0.4 is 4.74 Å². The van der Waals surface area contributed by atoms with Crippen LogP contribution >= 0.6 is 0 Å². The minimum Gasteiger partial charge on any atom is -0.497 e. The molecular formula is C25H18N4O. The summed E-state index contributed by atoms with van der Waals surface area (Å²) in [5.41, 5.74) is 4.75. The van der Waals surface area contributed by atoms with Crippen LogP contribution in [0.3, 0.4) is 0 Å². The third kappa shape index (κ3) is 4.08. The molecule has 3 aromatic carbocycles. The summed E-state index contributed by atoms with van der Waals surface area (Å²) in [6.45, 7) is 0. The summed E-state index contributed by atoms with van der Waals surface area (Å²) in [4.78, 5) is 4.83. The summed E-state index contributed by atoms with van der Waals surface area (Å²) in [6.07, 6.45) is 0. The van der Waals surface area contributed by atoms with Gasteiger partial charge in [0.15, 0.2) is 0 Å². The molecule has 0 fully saturated rings. The Bertz CT molecular complexity index is 1210. The van der Waals surface area contributed by atoms with E-state index in [4.69, 9.17) is 9.72 Å².